The maximum atomic E-state index is 11.1. The van der Waals surface area contributed by atoms with Crippen LogP contribution in [0, 0.1) is 0 Å². The molecule has 2 rings (SSSR count). The molecule has 98 valence electrons. The Balaban J connectivity index is 1.86. The van der Waals surface area contributed by atoms with Crippen molar-refractivity contribution >= 4 is 5.91 Å². The van der Waals surface area contributed by atoms with Gasteiger partial charge in [-0.2, -0.15) is 0 Å². The Bertz CT molecular complexity index is 411. The third kappa shape index (κ3) is 3.55. The molecule has 0 radical (unpaired) electrons. The van der Waals surface area contributed by atoms with Crippen molar-refractivity contribution in [1.29, 1.82) is 0 Å². The summed E-state index contributed by atoms with van der Waals surface area (Å²) < 4.78 is 0. The molecular weight excluding hydrogens is 226 g/mol. The zero-order chi connectivity index (χ0) is 13.0. The molecule has 1 saturated carbocycles. The molecule has 0 aliphatic heterocycles. The summed E-state index contributed by atoms with van der Waals surface area (Å²) in [6.45, 7) is 0.779. The van der Waals surface area contributed by atoms with Crippen molar-refractivity contribution in [2.24, 2.45) is 11.5 Å². The third-order valence-corrected chi connectivity index (χ3v) is 3.58. The van der Waals surface area contributed by atoms with Crippen LogP contribution in [-0.2, 0) is 6.54 Å². The smallest absolute Gasteiger partial charge is 0.248 e. The number of nitrogens with two attached hydrogens (primary N) is 2. The first kappa shape index (κ1) is 13.1. The van der Waals surface area contributed by atoms with E-state index in [1.807, 2.05) is 18.2 Å². The van der Waals surface area contributed by atoms with Gasteiger partial charge >= 0.3 is 0 Å². The van der Waals surface area contributed by atoms with E-state index in [2.05, 4.69) is 5.32 Å². The van der Waals surface area contributed by atoms with E-state index in [0.29, 0.717) is 17.6 Å². The largest absolute Gasteiger partial charge is 0.366 e. The molecule has 0 atom stereocenters. The summed E-state index contributed by atoms with van der Waals surface area (Å²) in [5.41, 5.74) is 12.8. The number of hydrogen-bond acceptors (Lipinski definition) is 3. The van der Waals surface area contributed by atoms with E-state index < -0.39 is 0 Å². The van der Waals surface area contributed by atoms with Crippen LogP contribution in [0.15, 0.2) is 24.3 Å². The summed E-state index contributed by atoms with van der Waals surface area (Å²) in [4.78, 5) is 11.1. The summed E-state index contributed by atoms with van der Waals surface area (Å²) in [5, 5.41) is 3.52. The van der Waals surface area contributed by atoms with Crippen LogP contribution in [0.1, 0.15) is 41.6 Å². The number of rotatable bonds is 4. The highest BCUT2D eigenvalue weighted by Gasteiger charge is 2.17. The molecule has 5 N–H and O–H groups in total. The number of primary amides is 1. The molecule has 1 aliphatic carbocycles. The first-order valence-electron chi connectivity index (χ1n) is 6.53. The quantitative estimate of drug-likeness (QED) is 0.746. The SMILES string of the molecule is NC(=O)c1cccc(CNC2CCC(N)CC2)c1. The van der Waals surface area contributed by atoms with E-state index >= 15 is 0 Å². The Hall–Kier alpha value is -1.39. The minimum atomic E-state index is -0.375. The molecule has 1 amide bonds. The van der Waals surface area contributed by atoms with Gasteiger partial charge in [-0.25, -0.2) is 0 Å². The average Bonchev–Trinajstić information content (AvgIpc) is 2.38. The van der Waals surface area contributed by atoms with Gasteiger partial charge < -0.3 is 16.8 Å². The molecule has 18 heavy (non-hydrogen) atoms. The van der Waals surface area contributed by atoms with Gasteiger partial charge in [-0.05, 0) is 43.4 Å². The van der Waals surface area contributed by atoms with Crippen LogP contribution in [0.2, 0.25) is 0 Å². The van der Waals surface area contributed by atoms with Crippen molar-refractivity contribution in [3.63, 3.8) is 0 Å². The van der Waals surface area contributed by atoms with E-state index in [1.165, 1.54) is 0 Å². The van der Waals surface area contributed by atoms with Crippen molar-refractivity contribution in [2.75, 3.05) is 0 Å². The molecular formula is C14H21N3O. The van der Waals surface area contributed by atoms with Crippen molar-refractivity contribution in [3.8, 4) is 0 Å². The molecule has 0 aromatic heterocycles. The number of benzene rings is 1. The topological polar surface area (TPSA) is 81.1 Å². The maximum absolute atomic E-state index is 11.1. The van der Waals surface area contributed by atoms with Gasteiger partial charge in [0, 0.05) is 24.2 Å². The number of carbonyl (C=O) groups is 1. The highest BCUT2D eigenvalue weighted by atomic mass is 16.1. The van der Waals surface area contributed by atoms with Gasteiger partial charge in [-0.1, -0.05) is 12.1 Å². The Labute approximate surface area is 108 Å². The van der Waals surface area contributed by atoms with Gasteiger partial charge in [0.25, 0.3) is 0 Å². The van der Waals surface area contributed by atoms with Gasteiger partial charge in [0.05, 0.1) is 0 Å². The first-order valence-corrected chi connectivity index (χ1v) is 6.53. The zero-order valence-electron chi connectivity index (χ0n) is 10.6. The lowest BCUT2D eigenvalue weighted by atomic mass is 9.92. The van der Waals surface area contributed by atoms with Crippen LogP contribution >= 0.6 is 0 Å². The zero-order valence-corrected chi connectivity index (χ0v) is 10.6. The number of carbonyl (C=O) groups excluding carboxylic acids is 1. The molecule has 1 aromatic rings. The minimum absolute atomic E-state index is 0.375. The predicted molar refractivity (Wildman–Crippen MR) is 72.0 cm³/mol. The lowest BCUT2D eigenvalue weighted by Crippen LogP contribution is -2.37. The van der Waals surface area contributed by atoms with Crippen LogP contribution in [0.5, 0.6) is 0 Å². The van der Waals surface area contributed by atoms with Crippen molar-refractivity contribution < 1.29 is 4.79 Å². The molecule has 0 heterocycles. The van der Waals surface area contributed by atoms with E-state index in [1.54, 1.807) is 6.07 Å². The third-order valence-electron chi connectivity index (χ3n) is 3.58. The fourth-order valence-corrected chi connectivity index (χ4v) is 2.42. The van der Waals surface area contributed by atoms with Crippen LogP contribution < -0.4 is 16.8 Å². The fourth-order valence-electron chi connectivity index (χ4n) is 2.42. The van der Waals surface area contributed by atoms with Crippen LogP contribution in [0.3, 0.4) is 0 Å². The molecule has 1 aliphatic rings. The fraction of sp³-hybridized carbons (Fsp3) is 0.500. The summed E-state index contributed by atoms with van der Waals surface area (Å²) >= 11 is 0. The number of hydrogen-bond donors (Lipinski definition) is 3. The van der Waals surface area contributed by atoms with Crippen molar-refractivity contribution in [2.45, 2.75) is 44.3 Å². The molecule has 4 heteroatoms. The predicted octanol–water partition coefficient (Wildman–Crippen LogP) is 1.14. The van der Waals surface area contributed by atoms with Crippen LogP contribution in [0.25, 0.3) is 0 Å². The summed E-state index contributed by atoms with van der Waals surface area (Å²) in [5.74, 6) is -0.375. The summed E-state index contributed by atoms with van der Waals surface area (Å²) in [6, 6.07) is 8.39. The minimum Gasteiger partial charge on any atom is -0.366 e. The maximum Gasteiger partial charge on any atom is 0.248 e. The lowest BCUT2D eigenvalue weighted by Gasteiger charge is -2.27. The second-order valence-corrected chi connectivity index (χ2v) is 5.06. The highest BCUT2D eigenvalue weighted by Crippen LogP contribution is 2.17. The summed E-state index contributed by atoms with van der Waals surface area (Å²) in [6.07, 6.45) is 4.46. The Kier molecular flexibility index (Phi) is 4.33. The molecule has 0 unspecified atom stereocenters. The van der Waals surface area contributed by atoms with Gasteiger partial charge in [0.2, 0.25) is 5.91 Å². The Morgan fingerprint density at radius 3 is 2.67 bits per heavy atom. The normalized spacial score (nSPS) is 23.8. The Morgan fingerprint density at radius 2 is 2.00 bits per heavy atom. The first-order chi connectivity index (χ1) is 8.65. The van der Waals surface area contributed by atoms with Crippen LogP contribution in [0.4, 0.5) is 0 Å². The molecule has 1 fully saturated rings. The number of nitrogens with one attached hydrogen (secondary N) is 1. The Morgan fingerprint density at radius 1 is 1.28 bits per heavy atom. The molecule has 4 nitrogen and oxygen atoms in total. The second-order valence-electron chi connectivity index (χ2n) is 5.06. The molecule has 0 saturated heterocycles. The average molecular weight is 247 g/mol. The van der Waals surface area contributed by atoms with E-state index in [9.17, 15) is 4.79 Å². The van der Waals surface area contributed by atoms with E-state index in [4.69, 9.17) is 11.5 Å². The van der Waals surface area contributed by atoms with Crippen molar-refractivity contribution in [1.82, 2.24) is 5.32 Å². The van der Waals surface area contributed by atoms with Crippen LogP contribution in [-0.4, -0.2) is 18.0 Å². The standard InChI is InChI=1S/C14H21N3O/c15-12-4-6-13(7-5-12)17-9-10-2-1-3-11(8-10)14(16)18/h1-3,8,12-13,17H,4-7,9,15H2,(H2,16,18). The van der Waals surface area contributed by atoms with Gasteiger partial charge in [0.15, 0.2) is 0 Å². The van der Waals surface area contributed by atoms with Gasteiger partial charge in [0.1, 0.15) is 0 Å². The highest BCUT2D eigenvalue weighted by molar-refractivity contribution is 5.92. The van der Waals surface area contributed by atoms with E-state index in [-0.39, 0.29) is 5.91 Å². The van der Waals surface area contributed by atoms with Gasteiger partial charge in [-0.15, -0.1) is 0 Å². The number of amides is 1. The summed E-state index contributed by atoms with van der Waals surface area (Å²) in [7, 11) is 0. The molecule has 0 spiro atoms. The van der Waals surface area contributed by atoms with Gasteiger partial charge in [-0.3, -0.25) is 4.79 Å². The van der Waals surface area contributed by atoms with Crippen molar-refractivity contribution in [3.05, 3.63) is 35.4 Å². The monoisotopic (exact) mass is 247 g/mol. The molecule has 1 aromatic carbocycles. The lowest BCUT2D eigenvalue weighted by molar-refractivity contribution is 0.1000. The molecule has 0 bridgehead atoms. The second kappa shape index (κ2) is 5.98. The van der Waals surface area contributed by atoms with E-state index in [0.717, 1.165) is 37.8 Å².